The van der Waals surface area contributed by atoms with Crippen molar-refractivity contribution >= 4 is 18.0 Å². The molecule has 1 aliphatic rings. The number of benzene rings is 2. The van der Waals surface area contributed by atoms with Gasteiger partial charge in [0.1, 0.15) is 19.3 Å². The van der Waals surface area contributed by atoms with Gasteiger partial charge in [0.25, 0.3) is 0 Å². The number of nitrogens with one attached hydrogen (secondary N) is 2. The molecule has 0 saturated carbocycles. The van der Waals surface area contributed by atoms with Gasteiger partial charge in [-0.3, -0.25) is 4.79 Å². The van der Waals surface area contributed by atoms with Gasteiger partial charge in [0.2, 0.25) is 5.91 Å². The van der Waals surface area contributed by atoms with E-state index in [4.69, 9.17) is 9.47 Å². The van der Waals surface area contributed by atoms with Crippen LogP contribution in [0.15, 0.2) is 60.2 Å². The first kappa shape index (κ1) is 25.0. The Bertz CT molecular complexity index is 1020. The molecular weight excluding hydrogens is 436 g/mol. The first-order chi connectivity index (χ1) is 16.4. The number of hydrogen-bond acceptors (Lipinski definition) is 5. The van der Waals surface area contributed by atoms with Crippen LogP contribution in [0.2, 0.25) is 0 Å². The maximum Gasteiger partial charge on any atom is 0.407 e. The van der Waals surface area contributed by atoms with Crippen molar-refractivity contribution < 1.29 is 29.0 Å². The Morgan fingerprint density at radius 1 is 1.03 bits per heavy atom. The van der Waals surface area contributed by atoms with Crippen LogP contribution in [0, 0.1) is 0 Å². The molecule has 3 rings (SSSR count). The van der Waals surface area contributed by atoms with E-state index in [2.05, 4.69) is 34.9 Å². The summed E-state index contributed by atoms with van der Waals surface area (Å²) in [7, 11) is 0. The number of carboxylic acids is 1. The number of carboxylic acid groups (broad SMARTS) is 1. The molecule has 8 heteroatoms. The number of ether oxygens (including phenoxy) is 2. The van der Waals surface area contributed by atoms with Crippen molar-refractivity contribution in [3.8, 4) is 11.1 Å². The summed E-state index contributed by atoms with van der Waals surface area (Å²) in [5.41, 5.74) is 5.55. The van der Waals surface area contributed by atoms with Gasteiger partial charge < -0.3 is 25.2 Å². The van der Waals surface area contributed by atoms with Crippen LogP contribution in [0.4, 0.5) is 4.79 Å². The topological polar surface area (TPSA) is 114 Å². The number of carbonyl (C=O) groups excluding carboxylic acids is 2. The molecule has 0 aliphatic heterocycles. The molecule has 180 valence electrons. The summed E-state index contributed by atoms with van der Waals surface area (Å²) in [5.74, 6) is -1.66. The van der Waals surface area contributed by atoms with E-state index < -0.39 is 24.0 Å². The number of rotatable bonds is 11. The van der Waals surface area contributed by atoms with Crippen molar-refractivity contribution in [3.05, 3.63) is 71.3 Å². The average molecular weight is 467 g/mol. The summed E-state index contributed by atoms with van der Waals surface area (Å²) in [5, 5.41) is 14.2. The van der Waals surface area contributed by atoms with E-state index >= 15 is 0 Å². The first-order valence-corrected chi connectivity index (χ1v) is 11.2. The van der Waals surface area contributed by atoms with Gasteiger partial charge in [-0.1, -0.05) is 60.2 Å². The number of carbonyl (C=O) groups is 3. The molecule has 0 saturated heterocycles. The molecule has 0 radical (unpaired) electrons. The minimum atomic E-state index is -1.11. The zero-order valence-corrected chi connectivity index (χ0v) is 19.4. The molecule has 2 amide bonds. The second-order valence-electron chi connectivity index (χ2n) is 8.28. The van der Waals surface area contributed by atoms with Crippen LogP contribution < -0.4 is 10.6 Å². The van der Waals surface area contributed by atoms with Crippen molar-refractivity contribution in [1.29, 1.82) is 0 Å². The van der Waals surface area contributed by atoms with Crippen molar-refractivity contribution in [2.45, 2.75) is 32.2 Å². The molecule has 34 heavy (non-hydrogen) atoms. The largest absolute Gasteiger partial charge is 0.480 e. The lowest BCUT2D eigenvalue weighted by Gasteiger charge is -2.15. The van der Waals surface area contributed by atoms with Gasteiger partial charge >= 0.3 is 12.1 Å². The lowest BCUT2D eigenvalue weighted by Crippen LogP contribution is -2.42. The second-order valence-corrected chi connectivity index (χ2v) is 8.28. The normalized spacial score (nSPS) is 12.8. The van der Waals surface area contributed by atoms with Crippen LogP contribution in [0.1, 0.15) is 37.3 Å². The van der Waals surface area contributed by atoms with Gasteiger partial charge in [0, 0.05) is 12.5 Å². The highest BCUT2D eigenvalue weighted by Crippen LogP contribution is 2.44. The maximum atomic E-state index is 12.1. The molecule has 1 unspecified atom stereocenters. The number of amides is 2. The van der Waals surface area contributed by atoms with Crippen molar-refractivity contribution in [3.63, 3.8) is 0 Å². The fraction of sp³-hybridized carbons (Fsp3) is 0.346. The minimum Gasteiger partial charge on any atom is -0.480 e. The lowest BCUT2D eigenvalue weighted by atomic mass is 9.98. The monoisotopic (exact) mass is 466 g/mol. The molecule has 0 bridgehead atoms. The smallest absolute Gasteiger partial charge is 0.407 e. The maximum absolute atomic E-state index is 12.1. The minimum absolute atomic E-state index is 0.0217. The standard InChI is InChI=1S/C26H30N2O6/c1-17(2)11-12-23(25(30)31)28-24(29)16-33-14-13-27-26(32)34-15-22-20-9-5-3-7-18(20)19-8-4-6-10-21(19)22/h3-11,22-23H,12-16H2,1-2H3,(H,27,32)(H,28,29)(H,30,31). The van der Waals surface area contributed by atoms with Crippen LogP contribution in [0.5, 0.6) is 0 Å². The van der Waals surface area contributed by atoms with Gasteiger partial charge in [-0.15, -0.1) is 0 Å². The predicted molar refractivity (Wildman–Crippen MR) is 128 cm³/mol. The number of aliphatic carboxylic acids is 1. The Labute approximate surface area is 199 Å². The Morgan fingerprint density at radius 2 is 1.65 bits per heavy atom. The quantitative estimate of drug-likeness (QED) is 0.345. The van der Waals surface area contributed by atoms with Crippen molar-refractivity contribution in [1.82, 2.24) is 10.6 Å². The van der Waals surface area contributed by atoms with Crippen molar-refractivity contribution in [2.24, 2.45) is 0 Å². The average Bonchev–Trinajstić information content (AvgIpc) is 3.13. The third-order valence-corrected chi connectivity index (χ3v) is 5.49. The Hall–Kier alpha value is -3.65. The summed E-state index contributed by atoms with van der Waals surface area (Å²) in [6.45, 7) is 3.87. The highest BCUT2D eigenvalue weighted by atomic mass is 16.5. The molecule has 2 aromatic carbocycles. The Kier molecular flexibility index (Phi) is 8.81. The van der Waals surface area contributed by atoms with E-state index in [0.717, 1.165) is 27.8 Å². The lowest BCUT2D eigenvalue weighted by molar-refractivity contribution is -0.142. The Balaban J connectivity index is 1.37. The molecule has 2 aromatic rings. The molecule has 1 atom stereocenters. The molecule has 8 nitrogen and oxygen atoms in total. The summed E-state index contributed by atoms with van der Waals surface area (Å²) in [6, 6.07) is 15.2. The highest BCUT2D eigenvalue weighted by molar-refractivity contribution is 5.84. The van der Waals surface area contributed by atoms with Gasteiger partial charge in [-0.25, -0.2) is 9.59 Å². The predicted octanol–water partition coefficient (Wildman–Crippen LogP) is 3.47. The number of hydrogen-bond donors (Lipinski definition) is 3. The molecule has 1 aliphatic carbocycles. The third-order valence-electron chi connectivity index (χ3n) is 5.49. The molecular formula is C26H30N2O6. The molecule has 0 heterocycles. The van der Waals surface area contributed by atoms with E-state index in [1.54, 1.807) is 6.08 Å². The number of fused-ring (bicyclic) bond motifs is 3. The van der Waals surface area contributed by atoms with E-state index in [-0.39, 0.29) is 38.7 Å². The van der Waals surface area contributed by atoms with Gasteiger partial charge in [0.05, 0.1) is 6.61 Å². The van der Waals surface area contributed by atoms with Crippen LogP contribution in [-0.4, -0.2) is 55.5 Å². The number of alkyl carbamates (subject to hydrolysis) is 1. The van der Waals surface area contributed by atoms with E-state index in [1.165, 1.54) is 0 Å². The fourth-order valence-electron chi connectivity index (χ4n) is 3.85. The SMILES string of the molecule is CC(C)=CCC(NC(=O)COCCNC(=O)OCC1c2ccccc2-c2ccccc21)C(=O)O. The zero-order chi connectivity index (χ0) is 24.5. The highest BCUT2D eigenvalue weighted by Gasteiger charge is 2.29. The van der Waals surface area contributed by atoms with Crippen LogP contribution >= 0.6 is 0 Å². The van der Waals surface area contributed by atoms with Crippen LogP contribution in [0.3, 0.4) is 0 Å². The van der Waals surface area contributed by atoms with Crippen LogP contribution in [0.25, 0.3) is 11.1 Å². The Morgan fingerprint density at radius 3 is 2.24 bits per heavy atom. The second kappa shape index (κ2) is 12.0. The fourth-order valence-corrected chi connectivity index (χ4v) is 3.85. The van der Waals surface area contributed by atoms with E-state index in [9.17, 15) is 19.5 Å². The number of allylic oxidation sites excluding steroid dienone is 1. The molecule has 0 spiro atoms. The van der Waals surface area contributed by atoms with Crippen LogP contribution in [-0.2, 0) is 19.1 Å². The molecule has 0 fully saturated rings. The van der Waals surface area contributed by atoms with Gasteiger partial charge in [-0.2, -0.15) is 0 Å². The summed E-state index contributed by atoms with van der Waals surface area (Å²) < 4.78 is 10.7. The van der Waals surface area contributed by atoms with E-state index in [1.807, 2.05) is 38.1 Å². The summed E-state index contributed by atoms with van der Waals surface area (Å²) >= 11 is 0. The summed E-state index contributed by atoms with van der Waals surface area (Å²) in [6.07, 6.45) is 1.38. The summed E-state index contributed by atoms with van der Waals surface area (Å²) in [4.78, 5) is 35.3. The van der Waals surface area contributed by atoms with Gasteiger partial charge in [0.15, 0.2) is 0 Å². The van der Waals surface area contributed by atoms with Gasteiger partial charge in [-0.05, 0) is 42.5 Å². The molecule has 0 aromatic heterocycles. The zero-order valence-electron chi connectivity index (χ0n) is 19.4. The van der Waals surface area contributed by atoms with E-state index in [0.29, 0.717) is 0 Å². The van der Waals surface area contributed by atoms with Crippen molar-refractivity contribution in [2.75, 3.05) is 26.4 Å². The first-order valence-electron chi connectivity index (χ1n) is 11.2. The third kappa shape index (κ3) is 6.68. The molecule has 3 N–H and O–H groups in total.